The summed E-state index contributed by atoms with van der Waals surface area (Å²) in [5.74, 6) is 0. The van der Waals surface area contributed by atoms with Gasteiger partial charge in [0.25, 0.3) is 6.69 Å². The SMILES string of the molecule is Cl[Si](Cl)(Cc1ccccc1)Cc1ccccc1. The molecule has 0 nitrogen and oxygen atoms in total. The molecule has 0 atom stereocenters. The summed E-state index contributed by atoms with van der Waals surface area (Å²) in [7, 11) is 0. The fraction of sp³-hybridized carbons (Fsp3) is 0.143. The standard InChI is InChI=1S/C14H14Cl2Si/c15-17(16,11-13-7-3-1-4-8-13)12-14-9-5-2-6-10-14/h1-10H,11-12H2. The normalized spacial score (nSPS) is 11.4. The van der Waals surface area contributed by atoms with Gasteiger partial charge in [0.05, 0.1) is 0 Å². The number of benzene rings is 2. The quantitative estimate of drug-likeness (QED) is 0.573. The van der Waals surface area contributed by atoms with Crippen molar-refractivity contribution in [2.45, 2.75) is 12.1 Å². The van der Waals surface area contributed by atoms with Gasteiger partial charge in [0.15, 0.2) is 0 Å². The van der Waals surface area contributed by atoms with E-state index in [9.17, 15) is 0 Å². The van der Waals surface area contributed by atoms with Gasteiger partial charge in [-0.1, -0.05) is 60.7 Å². The molecule has 2 rings (SSSR count). The highest BCUT2D eigenvalue weighted by Crippen LogP contribution is 2.25. The van der Waals surface area contributed by atoms with Gasteiger partial charge >= 0.3 is 0 Å². The summed E-state index contributed by atoms with van der Waals surface area (Å²) in [6.45, 7) is -2.24. The maximum atomic E-state index is 6.51. The molecule has 0 aliphatic heterocycles. The lowest BCUT2D eigenvalue weighted by Gasteiger charge is -2.16. The third-order valence-corrected chi connectivity index (χ3v) is 6.07. The van der Waals surface area contributed by atoms with Crippen molar-refractivity contribution in [1.29, 1.82) is 0 Å². The molecular formula is C14H14Cl2Si. The van der Waals surface area contributed by atoms with E-state index < -0.39 is 6.69 Å². The van der Waals surface area contributed by atoms with Gasteiger partial charge in [-0.3, -0.25) is 0 Å². The van der Waals surface area contributed by atoms with E-state index in [0.717, 1.165) is 12.1 Å². The monoisotopic (exact) mass is 280 g/mol. The molecule has 0 unspecified atom stereocenters. The number of hydrogen-bond acceptors (Lipinski definition) is 0. The molecular weight excluding hydrogens is 267 g/mol. The molecule has 0 amide bonds. The van der Waals surface area contributed by atoms with Crippen LogP contribution in [0.5, 0.6) is 0 Å². The summed E-state index contributed by atoms with van der Waals surface area (Å²) in [5, 5.41) is 0. The minimum Gasteiger partial charge on any atom is -0.145 e. The third-order valence-electron chi connectivity index (χ3n) is 2.61. The zero-order chi connectivity index (χ0) is 12.1. The highest BCUT2D eigenvalue weighted by molar-refractivity contribution is 7.44. The van der Waals surface area contributed by atoms with Crippen molar-refractivity contribution in [3.8, 4) is 0 Å². The Labute approximate surface area is 113 Å². The molecule has 0 spiro atoms. The summed E-state index contributed by atoms with van der Waals surface area (Å²) in [4.78, 5) is 0. The summed E-state index contributed by atoms with van der Waals surface area (Å²) in [5.41, 5.74) is 2.44. The maximum Gasteiger partial charge on any atom is 0.259 e. The second-order valence-electron chi connectivity index (χ2n) is 4.18. The first-order valence-electron chi connectivity index (χ1n) is 5.61. The van der Waals surface area contributed by atoms with Gasteiger partial charge in [-0.25, -0.2) is 0 Å². The molecule has 0 bridgehead atoms. The van der Waals surface area contributed by atoms with Crippen molar-refractivity contribution in [1.82, 2.24) is 0 Å². The molecule has 0 radical (unpaired) electrons. The molecule has 0 N–H and O–H groups in total. The first-order valence-corrected chi connectivity index (χ1v) is 10.1. The molecule has 0 aliphatic carbocycles. The fourth-order valence-corrected chi connectivity index (χ4v) is 5.49. The first-order chi connectivity index (χ1) is 8.16. The lowest BCUT2D eigenvalue weighted by molar-refractivity contribution is 1.28. The van der Waals surface area contributed by atoms with E-state index >= 15 is 0 Å². The Morgan fingerprint density at radius 3 is 1.35 bits per heavy atom. The van der Waals surface area contributed by atoms with Crippen molar-refractivity contribution < 1.29 is 0 Å². The Hall–Kier alpha value is -0.763. The minimum absolute atomic E-state index is 0.797. The van der Waals surface area contributed by atoms with Gasteiger partial charge in [0.1, 0.15) is 0 Å². The number of rotatable bonds is 4. The Morgan fingerprint density at radius 1 is 0.647 bits per heavy atom. The maximum absolute atomic E-state index is 6.51. The second kappa shape index (κ2) is 5.72. The molecule has 0 heterocycles. The first kappa shape index (κ1) is 12.7. The molecule has 0 saturated heterocycles. The van der Waals surface area contributed by atoms with Crippen LogP contribution in [0.1, 0.15) is 11.1 Å². The van der Waals surface area contributed by atoms with Crippen molar-refractivity contribution in [3.63, 3.8) is 0 Å². The summed E-state index contributed by atoms with van der Waals surface area (Å²) < 4.78 is 0. The lowest BCUT2D eigenvalue weighted by Crippen LogP contribution is -2.27. The van der Waals surface area contributed by atoms with Gasteiger partial charge in [-0.2, -0.15) is 0 Å². The van der Waals surface area contributed by atoms with Crippen molar-refractivity contribution in [2.24, 2.45) is 0 Å². The van der Waals surface area contributed by atoms with Crippen LogP contribution in [-0.4, -0.2) is 6.69 Å². The van der Waals surface area contributed by atoms with E-state index in [0.29, 0.717) is 0 Å². The smallest absolute Gasteiger partial charge is 0.145 e. The highest BCUT2D eigenvalue weighted by Gasteiger charge is 2.28. The molecule has 3 heteroatoms. The molecule has 0 aliphatic rings. The molecule has 0 aromatic heterocycles. The van der Waals surface area contributed by atoms with Crippen LogP contribution in [-0.2, 0) is 12.1 Å². The van der Waals surface area contributed by atoms with Crippen LogP contribution >= 0.6 is 22.2 Å². The molecule has 2 aromatic carbocycles. The van der Waals surface area contributed by atoms with Crippen LogP contribution < -0.4 is 0 Å². The predicted octanol–water partition coefficient (Wildman–Crippen LogP) is 4.47. The largest absolute Gasteiger partial charge is 0.259 e. The van der Waals surface area contributed by atoms with Crippen molar-refractivity contribution in [2.75, 3.05) is 0 Å². The minimum atomic E-state index is -2.24. The molecule has 0 fully saturated rings. The molecule has 17 heavy (non-hydrogen) atoms. The molecule has 0 saturated carbocycles. The van der Waals surface area contributed by atoms with E-state index in [1.165, 1.54) is 11.1 Å². The lowest BCUT2D eigenvalue weighted by atomic mass is 10.2. The summed E-state index contributed by atoms with van der Waals surface area (Å²) in [6.07, 6.45) is 0. The Morgan fingerprint density at radius 2 is 1.00 bits per heavy atom. The van der Waals surface area contributed by atoms with Crippen LogP contribution in [0.25, 0.3) is 0 Å². The van der Waals surface area contributed by atoms with Crippen LogP contribution in [0, 0.1) is 0 Å². The second-order valence-corrected chi connectivity index (χ2v) is 11.5. The molecule has 88 valence electrons. The van der Waals surface area contributed by atoms with Gasteiger partial charge in [0, 0.05) is 0 Å². The van der Waals surface area contributed by atoms with Gasteiger partial charge in [-0.05, 0) is 23.2 Å². The van der Waals surface area contributed by atoms with E-state index in [1.807, 2.05) is 36.4 Å². The highest BCUT2D eigenvalue weighted by atomic mass is 35.7. The fourth-order valence-electron chi connectivity index (χ4n) is 1.85. The van der Waals surface area contributed by atoms with E-state index in [-0.39, 0.29) is 0 Å². The third kappa shape index (κ3) is 4.19. The average molecular weight is 281 g/mol. The molecule has 2 aromatic rings. The number of halogens is 2. The van der Waals surface area contributed by atoms with Gasteiger partial charge < -0.3 is 0 Å². The summed E-state index contributed by atoms with van der Waals surface area (Å²) in [6, 6.07) is 22.0. The number of hydrogen-bond donors (Lipinski definition) is 0. The summed E-state index contributed by atoms with van der Waals surface area (Å²) >= 11 is 13.0. The van der Waals surface area contributed by atoms with Crippen LogP contribution in [0.2, 0.25) is 0 Å². The van der Waals surface area contributed by atoms with Crippen LogP contribution in [0.15, 0.2) is 60.7 Å². The van der Waals surface area contributed by atoms with Crippen LogP contribution in [0.4, 0.5) is 0 Å². The zero-order valence-corrected chi connectivity index (χ0v) is 12.0. The van der Waals surface area contributed by atoms with Gasteiger partial charge in [-0.15, -0.1) is 22.2 Å². The van der Waals surface area contributed by atoms with E-state index in [2.05, 4.69) is 24.3 Å². The van der Waals surface area contributed by atoms with Crippen molar-refractivity contribution in [3.05, 3.63) is 71.8 Å². The van der Waals surface area contributed by atoms with Gasteiger partial charge in [0.2, 0.25) is 0 Å². The predicted molar refractivity (Wildman–Crippen MR) is 77.8 cm³/mol. The Balaban J connectivity index is 2.04. The van der Waals surface area contributed by atoms with E-state index in [4.69, 9.17) is 22.2 Å². The van der Waals surface area contributed by atoms with Crippen LogP contribution in [0.3, 0.4) is 0 Å². The van der Waals surface area contributed by atoms with Crippen molar-refractivity contribution >= 4 is 28.9 Å². The Bertz CT molecular complexity index is 411. The zero-order valence-electron chi connectivity index (χ0n) is 9.44. The topological polar surface area (TPSA) is 0 Å². The van der Waals surface area contributed by atoms with E-state index in [1.54, 1.807) is 0 Å². The average Bonchev–Trinajstić information content (AvgIpc) is 2.30. The Kier molecular flexibility index (Phi) is 4.27.